The van der Waals surface area contributed by atoms with E-state index in [-0.39, 0.29) is 6.23 Å². The lowest BCUT2D eigenvalue weighted by Gasteiger charge is -2.28. The monoisotopic (exact) mass is 319 g/mol. The van der Waals surface area contributed by atoms with E-state index in [9.17, 15) is 0 Å². The van der Waals surface area contributed by atoms with Crippen LogP contribution in [0.25, 0.3) is 11.3 Å². The molecule has 0 aliphatic carbocycles. The molecule has 0 spiro atoms. The largest absolute Gasteiger partial charge is 0.470 e. The molecule has 0 bridgehead atoms. The molecule has 2 heterocycles. The van der Waals surface area contributed by atoms with Gasteiger partial charge in [0.2, 0.25) is 0 Å². The van der Waals surface area contributed by atoms with Crippen LogP contribution in [0.3, 0.4) is 0 Å². The van der Waals surface area contributed by atoms with E-state index in [2.05, 4.69) is 27.4 Å². The summed E-state index contributed by atoms with van der Waals surface area (Å²) in [6.45, 7) is 0.694. The summed E-state index contributed by atoms with van der Waals surface area (Å²) < 4.78 is 11.3. The maximum Gasteiger partial charge on any atom is 0.316 e. The van der Waals surface area contributed by atoms with Crippen molar-refractivity contribution in [2.24, 2.45) is 0 Å². The third-order valence-corrected chi connectivity index (χ3v) is 3.98. The van der Waals surface area contributed by atoms with Gasteiger partial charge in [0, 0.05) is 18.3 Å². The number of aromatic nitrogens is 2. The van der Waals surface area contributed by atoms with Crippen molar-refractivity contribution < 1.29 is 9.47 Å². The minimum Gasteiger partial charge on any atom is -0.470 e. The number of para-hydroxylation sites is 1. The SMILES string of the molecule is COc1ncc2c(n1)-c1ccccc1OC2NCc1ccccc1. The Balaban J connectivity index is 1.68. The Hall–Kier alpha value is -2.92. The molecule has 1 N–H and O–H groups in total. The molecule has 3 aromatic rings. The van der Waals surface area contributed by atoms with Gasteiger partial charge in [0.15, 0.2) is 6.23 Å². The average Bonchev–Trinajstić information content (AvgIpc) is 2.66. The molecule has 1 aromatic heterocycles. The second-order valence-corrected chi connectivity index (χ2v) is 5.52. The van der Waals surface area contributed by atoms with Crippen LogP contribution in [0.5, 0.6) is 11.8 Å². The van der Waals surface area contributed by atoms with Crippen LogP contribution < -0.4 is 14.8 Å². The lowest BCUT2D eigenvalue weighted by atomic mass is 10.0. The molecule has 120 valence electrons. The summed E-state index contributed by atoms with van der Waals surface area (Å²) in [6.07, 6.45) is 1.46. The third-order valence-electron chi connectivity index (χ3n) is 3.98. The van der Waals surface area contributed by atoms with Crippen LogP contribution in [-0.4, -0.2) is 17.1 Å². The molecule has 0 amide bonds. The summed E-state index contributed by atoms with van der Waals surface area (Å²) in [6, 6.07) is 18.4. The summed E-state index contributed by atoms with van der Waals surface area (Å²) in [5.74, 6) is 0.802. The Morgan fingerprint density at radius 2 is 1.88 bits per heavy atom. The van der Waals surface area contributed by atoms with Crippen molar-refractivity contribution in [1.29, 1.82) is 0 Å². The highest BCUT2D eigenvalue weighted by Gasteiger charge is 2.27. The van der Waals surface area contributed by atoms with Crippen molar-refractivity contribution in [3.05, 3.63) is 71.9 Å². The zero-order valence-electron chi connectivity index (χ0n) is 13.3. The van der Waals surface area contributed by atoms with Crippen LogP contribution in [0, 0.1) is 0 Å². The van der Waals surface area contributed by atoms with Crippen LogP contribution in [0.4, 0.5) is 0 Å². The number of rotatable bonds is 4. The minimum atomic E-state index is -0.305. The van der Waals surface area contributed by atoms with Crippen molar-refractivity contribution in [2.75, 3.05) is 7.11 Å². The zero-order valence-corrected chi connectivity index (χ0v) is 13.3. The van der Waals surface area contributed by atoms with Gasteiger partial charge in [0.05, 0.1) is 18.4 Å². The van der Waals surface area contributed by atoms with E-state index in [0.717, 1.165) is 22.6 Å². The quantitative estimate of drug-likeness (QED) is 0.799. The standard InChI is InChI=1S/C19H17N3O2/c1-23-19-21-12-15-17(22-19)14-9-5-6-10-16(14)24-18(15)20-11-13-7-3-2-4-8-13/h2-10,12,18,20H,11H2,1H3. The Morgan fingerprint density at radius 3 is 2.71 bits per heavy atom. The molecule has 2 aromatic carbocycles. The van der Waals surface area contributed by atoms with Crippen molar-refractivity contribution in [3.63, 3.8) is 0 Å². The summed E-state index contributed by atoms with van der Waals surface area (Å²) in [7, 11) is 1.57. The van der Waals surface area contributed by atoms with Gasteiger partial charge in [-0.05, 0) is 17.7 Å². The number of methoxy groups -OCH3 is 1. The Kier molecular flexibility index (Phi) is 3.84. The van der Waals surface area contributed by atoms with Crippen LogP contribution in [0.1, 0.15) is 17.4 Å². The summed E-state index contributed by atoms with van der Waals surface area (Å²) in [4.78, 5) is 8.76. The highest BCUT2D eigenvalue weighted by Crippen LogP contribution is 2.40. The molecule has 4 rings (SSSR count). The molecule has 1 aliphatic rings. The van der Waals surface area contributed by atoms with E-state index in [1.54, 1.807) is 13.3 Å². The fourth-order valence-corrected chi connectivity index (χ4v) is 2.79. The fourth-order valence-electron chi connectivity index (χ4n) is 2.79. The Bertz CT molecular complexity index is 852. The van der Waals surface area contributed by atoms with Gasteiger partial charge in [-0.2, -0.15) is 4.98 Å². The lowest BCUT2D eigenvalue weighted by molar-refractivity contribution is 0.160. The normalized spacial score (nSPS) is 15.1. The first-order valence-corrected chi connectivity index (χ1v) is 7.79. The highest BCUT2D eigenvalue weighted by atomic mass is 16.5. The molecule has 5 heteroatoms. The molecule has 0 fully saturated rings. The third kappa shape index (κ3) is 2.70. The van der Waals surface area contributed by atoms with Gasteiger partial charge < -0.3 is 9.47 Å². The van der Waals surface area contributed by atoms with Crippen molar-refractivity contribution in [1.82, 2.24) is 15.3 Å². The Morgan fingerprint density at radius 1 is 1.08 bits per heavy atom. The first-order chi connectivity index (χ1) is 11.8. The smallest absolute Gasteiger partial charge is 0.316 e. The topological polar surface area (TPSA) is 56.3 Å². The van der Waals surface area contributed by atoms with Gasteiger partial charge in [-0.15, -0.1) is 0 Å². The number of fused-ring (bicyclic) bond motifs is 3. The molecular weight excluding hydrogens is 302 g/mol. The van der Waals surface area contributed by atoms with Gasteiger partial charge in [-0.25, -0.2) is 4.98 Å². The Labute approximate surface area is 140 Å². The molecule has 1 aliphatic heterocycles. The predicted octanol–water partition coefficient (Wildman–Crippen LogP) is 3.33. The van der Waals surface area contributed by atoms with Gasteiger partial charge in [-0.3, -0.25) is 5.32 Å². The van der Waals surface area contributed by atoms with E-state index in [1.807, 2.05) is 42.5 Å². The van der Waals surface area contributed by atoms with Crippen molar-refractivity contribution >= 4 is 0 Å². The number of ether oxygens (including phenoxy) is 2. The first kappa shape index (κ1) is 14.7. The van der Waals surface area contributed by atoms with Crippen LogP contribution in [-0.2, 0) is 6.54 Å². The number of nitrogens with zero attached hydrogens (tertiary/aromatic N) is 2. The molecule has 24 heavy (non-hydrogen) atoms. The summed E-state index contributed by atoms with van der Waals surface area (Å²) >= 11 is 0. The molecule has 5 nitrogen and oxygen atoms in total. The van der Waals surface area contributed by atoms with Gasteiger partial charge >= 0.3 is 6.01 Å². The maximum absolute atomic E-state index is 6.12. The van der Waals surface area contributed by atoms with Crippen molar-refractivity contribution in [3.8, 4) is 23.0 Å². The van der Waals surface area contributed by atoms with E-state index in [4.69, 9.17) is 9.47 Å². The summed E-state index contributed by atoms with van der Waals surface area (Å²) in [5, 5.41) is 3.43. The van der Waals surface area contributed by atoms with Crippen molar-refractivity contribution in [2.45, 2.75) is 12.8 Å². The molecule has 0 saturated carbocycles. The minimum absolute atomic E-state index is 0.305. The van der Waals surface area contributed by atoms with E-state index < -0.39 is 0 Å². The first-order valence-electron chi connectivity index (χ1n) is 7.79. The van der Waals surface area contributed by atoms with Gasteiger partial charge in [-0.1, -0.05) is 42.5 Å². The lowest BCUT2D eigenvalue weighted by Crippen LogP contribution is -2.29. The van der Waals surface area contributed by atoms with E-state index in [1.165, 1.54) is 5.56 Å². The van der Waals surface area contributed by atoms with E-state index in [0.29, 0.717) is 12.6 Å². The number of nitrogens with one attached hydrogen (secondary N) is 1. The van der Waals surface area contributed by atoms with Crippen LogP contribution in [0.2, 0.25) is 0 Å². The fraction of sp³-hybridized carbons (Fsp3) is 0.158. The predicted molar refractivity (Wildman–Crippen MR) is 90.7 cm³/mol. The molecule has 0 saturated heterocycles. The molecule has 1 atom stereocenters. The molecular formula is C19H17N3O2. The number of hydrogen-bond donors (Lipinski definition) is 1. The molecule has 0 radical (unpaired) electrons. The highest BCUT2D eigenvalue weighted by molar-refractivity contribution is 5.72. The van der Waals surface area contributed by atoms with Gasteiger partial charge in [0.1, 0.15) is 5.75 Å². The number of benzene rings is 2. The number of hydrogen-bond acceptors (Lipinski definition) is 5. The average molecular weight is 319 g/mol. The molecule has 1 unspecified atom stereocenters. The van der Waals surface area contributed by atoms with Crippen LogP contribution >= 0.6 is 0 Å². The second kappa shape index (κ2) is 6.29. The van der Waals surface area contributed by atoms with Crippen LogP contribution in [0.15, 0.2) is 60.8 Å². The van der Waals surface area contributed by atoms with E-state index >= 15 is 0 Å². The second-order valence-electron chi connectivity index (χ2n) is 5.52. The maximum atomic E-state index is 6.12. The summed E-state index contributed by atoms with van der Waals surface area (Å²) in [5.41, 5.74) is 3.89. The zero-order chi connectivity index (χ0) is 16.4. The van der Waals surface area contributed by atoms with Gasteiger partial charge in [0.25, 0.3) is 0 Å².